The second kappa shape index (κ2) is 10.3. The highest BCUT2D eigenvalue weighted by molar-refractivity contribution is 7.92. The molecule has 0 radical (unpaired) electrons. The van der Waals surface area contributed by atoms with Gasteiger partial charge in [-0.25, -0.2) is 8.42 Å². The van der Waals surface area contributed by atoms with E-state index in [1.54, 1.807) is 18.2 Å². The molecule has 6 nitrogen and oxygen atoms in total. The summed E-state index contributed by atoms with van der Waals surface area (Å²) < 4.78 is 32.9. The number of carbonyl (C=O) groups excluding carboxylic acids is 1. The van der Waals surface area contributed by atoms with Gasteiger partial charge in [0.1, 0.15) is 5.75 Å². The van der Waals surface area contributed by atoms with Gasteiger partial charge >= 0.3 is 0 Å². The Kier molecular flexibility index (Phi) is 8.14. The van der Waals surface area contributed by atoms with Gasteiger partial charge in [0.2, 0.25) is 0 Å². The standard InChI is InChI=1S/C20H25ClN2O4S/c1-3-4-5-12-22-20(24)14-27-17-8-10-18(11-9-17)28(25,26)23-16-7-6-15(2)19(21)13-16/h6-11,13,23H,3-5,12,14H2,1-2H3,(H,22,24). The molecule has 0 atom stereocenters. The molecule has 28 heavy (non-hydrogen) atoms. The molecule has 2 aromatic carbocycles. The van der Waals surface area contributed by atoms with Crippen LogP contribution in [0.3, 0.4) is 0 Å². The van der Waals surface area contributed by atoms with Crippen LogP contribution in [0, 0.1) is 6.92 Å². The summed E-state index contributed by atoms with van der Waals surface area (Å²) in [7, 11) is -3.75. The average molecular weight is 425 g/mol. The molecule has 0 aliphatic rings. The van der Waals surface area contributed by atoms with Crippen LogP contribution < -0.4 is 14.8 Å². The predicted molar refractivity (Wildman–Crippen MR) is 111 cm³/mol. The average Bonchev–Trinajstić information content (AvgIpc) is 2.66. The van der Waals surface area contributed by atoms with E-state index >= 15 is 0 Å². The third kappa shape index (κ3) is 6.73. The number of benzene rings is 2. The molecule has 0 spiro atoms. The Balaban J connectivity index is 1.91. The van der Waals surface area contributed by atoms with Crippen LogP contribution in [0.15, 0.2) is 47.4 Å². The predicted octanol–water partition coefficient (Wildman–Crippen LogP) is 4.13. The van der Waals surface area contributed by atoms with Gasteiger partial charge in [-0.15, -0.1) is 0 Å². The van der Waals surface area contributed by atoms with E-state index in [1.165, 1.54) is 24.3 Å². The number of aryl methyl sites for hydroxylation is 1. The number of unbranched alkanes of at least 4 members (excludes halogenated alkanes) is 2. The van der Waals surface area contributed by atoms with E-state index in [1.807, 2.05) is 6.92 Å². The zero-order valence-corrected chi connectivity index (χ0v) is 17.6. The van der Waals surface area contributed by atoms with E-state index in [0.717, 1.165) is 24.8 Å². The van der Waals surface area contributed by atoms with E-state index in [9.17, 15) is 13.2 Å². The minimum atomic E-state index is -3.75. The third-order valence-electron chi connectivity index (χ3n) is 4.03. The summed E-state index contributed by atoms with van der Waals surface area (Å²) in [5, 5.41) is 3.26. The number of halogens is 1. The Morgan fingerprint density at radius 3 is 2.46 bits per heavy atom. The van der Waals surface area contributed by atoms with Crippen molar-refractivity contribution in [3.63, 3.8) is 0 Å². The maximum atomic E-state index is 12.5. The quantitative estimate of drug-likeness (QED) is 0.561. The largest absolute Gasteiger partial charge is 0.484 e. The number of hydrogen-bond acceptors (Lipinski definition) is 4. The van der Waals surface area contributed by atoms with Crippen molar-refractivity contribution < 1.29 is 17.9 Å². The van der Waals surface area contributed by atoms with Crippen molar-refractivity contribution in [1.82, 2.24) is 5.32 Å². The highest BCUT2D eigenvalue weighted by Crippen LogP contribution is 2.23. The van der Waals surface area contributed by atoms with Crippen LogP contribution in [-0.2, 0) is 14.8 Å². The Morgan fingerprint density at radius 1 is 1.11 bits per heavy atom. The number of carbonyl (C=O) groups is 1. The molecule has 0 unspecified atom stereocenters. The smallest absolute Gasteiger partial charge is 0.261 e. The molecular weight excluding hydrogens is 400 g/mol. The van der Waals surface area contributed by atoms with Gasteiger partial charge in [-0.2, -0.15) is 0 Å². The zero-order valence-electron chi connectivity index (χ0n) is 16.0. The molecule has 2 rings (SSSR count). The van der Waals surface area contributed by atoms with Gasteiger partial charge in [0, 0.05) is 11.6 Å². The summed E-state index contributed by atoms with van der Waals surface area (Å²) in [6.07, 6.45) is 3.10. The second-order valence-electron chi connectivity index (χ2n) is 6.39. The van der Waals surface area contributed by atoms with Crippen LogP contribution >= 0.6 is 11.6 Å². The van der Waals surface area contributed by atoms with Crippen LogP contribution in [0.4, 0.5) is 5.69 Å². The molecule has 0 fully saturated rings. The van der Waals surface area contributed by atoms with Crippen LogP contribution in [0.1, 0.15) is 31.7 Å². The molecule has 0 saturated carbocycles. The first-order valence-corrected chi connectivity index (χ1v) is 11.0. The number of sulfonamides is 1. The van der Waals surface area contributed by atoms with E-state index < -0.39 is 10.0 Å². The maximum absolute atomic E-state index is 12.5. The fourth-order valence-corrected chi connectivity index (χ4v) is 3.62. The van der Waals surface area contributed by atoms with E-state index in [4.69, 9.17) is 16.3 Å². The van der Waals surface area contributed by atoms with E-state index in [2.05, 4.69) is 17.0 Å². The summed E-state index contributed by atoms with van der Waals surface area (Å²) in [4.78, 5) is 11.8. The summed E-state index contributed by atoms with van der Waals surface area (Å²) in [6.45, 7) is 4.45. The lowest BCUT2D eigenvalue weighted by Crippen LogP contribution is -2.29. The molecule has 0 aliphatic carbocycles. The first-order chi connectivity index (χ1) is 13.3. The highest BCUT2D eigenvalue weighted by Gasteiger charge is 2.15. The molecule has 0 saturated heterocycles. The molecular formula is C20H25ClN2O4S. The zero-order chi connectivity index (χ0) is 20.6. The van der Waals surface area contributed by atoms with Crippen LogP contribution in [0.25, 0.3) is 0 Å². The number of amides is 1. The Hall–Kier alpha value is -2.25. The fraction of sp³-hybridized carbons (Fsp3) is 0.350. The van der Waals surface area contributed by atoms with Gasteiger partial charge in [-0.1, -0.05) is 37.4 Å². The summed E-state index contributed by atoms with van der Waals surface area (Å²) >= 11 is 6.03. The van der Waals surface area contributed by atoms with Crippen molar-refractivity contribution in [2.45, 2.75) is 38.0 Å². The highest BCUT2D eigenvalue weighted by atomic mass is 35.5. The molecule has 0 heterocycles. The van der Waals surface area contributed by atoms with Crippen LogP contribution in [0.5, 0.6) is 5.75 Å². The SMILES string of the molecule is CCCCCNC(=O)COc1ccc(S(=O)(=O)Nc2ccc(C)c(Cl)c2)cc1. The summed E-state index contributed by atoms with van der Waals surface area (Å²) in [5.74, 6) is 0.215. The molecule has 2 aromatic rings. The van der Waals surface area contributed by atoms with Gasteiger partial charge in [-0.3, -0.25) is 9.52 Å². The number of anilines is 1. The van der Waals surface area contributed by atoms with E-state index in [0.29, 0.717) is 23.0 Å². The minimum absolute atomic E-state index is 0.0839. The minimum Gasteiger partial charge on any atom is -0.484 e. The number of nitrogens with one attached hydrogen (secondary N) is 2. The van der Waals surface area contributed by atoms with Crippen LogP contribution in [-0.4, -0.2) is 27.5 Å². The molecule has 0 aliphatic heterocycles. The number of ether oxygens (including phenoxy) is 1. The van der Waals surface area contributed by atoms with Crippen molar-refractivity contribution in [2.24, 2.45) is 0 Å². The normalized spacial score (nSPS) is 11.1. The van der Waals surface area contributed by atoms with Crippen molar-refractivity contribution >= 4 is 33.2 Å². The fourth-order valence-electron chi connectivity index (χ4n) is 2.39. The summed E-state index contributed by atoms with van der Waals surface area (Å²) in [5.41, 5.74) is 1.25. The molecule has 152 valence electrons. The molecule has 2 N–H and O–H groups in total. The Labute approximate surface area is 171 Å². The van der Waals surface area contributed by atoms with Gasteiger partial charge in [0.05, 0.1) is 10.6 Å². The van der Waals surface area contributed by atoms with Crippen LogP contribution in [0.2, 0.25) is 5.02 Å². The monoisotopic (exact) mass is 424 g/mol. The van der Waals surface area contributed by atoms with Crippen molar-refractivity contribution in [1.29, 1.82) is 0 Å². The lowest BCUT2D eigenvalue weighted by atomic mass is 10.2. The van der Waals surface area contributed by atoms with Gasteiger partial charge in [0.15, 0.2) is 6.61 Å². The molecule has 1 amide bonds. The number of rotatable bonds is 10. The molecule has 0 aromatic heterocycles. The van der Waals surface area contributed by atoms with E-state index in [-0.39, 0.29) is 17.4 Å². The Morgan fingerprint density at radius 2 is 1.82 bits per heavy atom. The van der Waals surface area contributed by atoms with Crippen molar-refractivity contribution in [3.8, 4) is 5.75 Å². The molecule has 0 bridgehead atoms. The third-order valence-corrected chi connectivity index (χ3v) is 5.83. The maximum Gasteiger partial charge on any atom is 0.261 e. The lowest BCUT2D eigenvalue weighted by molar-refractivity contribution is -0.123. The second-order valence-corrected chi connectivity index (χ2v) is 8.48. The number of hydrogen-bond donors (Lipinski definition) is 2. The van der Waals surface area contributed by atoms with Gasteiger partial charge < -0.3 is 10.1 Å². The lowest BCUT2D eigenvalue weighted by Gasteiger charge is -2.11. The Bertz CT molecular complexity index is 899. The first kappa shape index (κ1) is 22.0. The van der Waals surface area contributed by atoms with Crippen molar-refractivity contribution in [2.75, 3.05) is 17.9 Å². The van der Waals surface area contributed by atoms with Gasteiger partial charge in [-0.05, 0) is 55.3 Å². The summed E-state index contributed by atoms with van der Waals surface area (Å²) in [6, 6.07) is 10.8. The topological polar surface area (TPSA) is 84.5 Å². The first-order valence-electron chi connectivity index (χ1n) is 9.10. The van der Waals surface area contributed by atoms with Gasteiger partial charge in [0.25, 0.3) is 15.9 Å². The molecule has 8 heteroatoms. The van der Waals surface area contributed by atoms with Crippen molar-refractivity contribution in [3.05, 3.63) is 53.1 Å².